The zero-order valence-corrected chi connectivity index (χ0v) is 19.2. The Morgan fingerprint density at radius 1 is 0.812 bits per heavy atom. The minimum absolute atomic E-state index is 0.0747. The van der Waals surface area contributed by atoms with E-state index < -0.39 is 0 Å². The lowest BCUT2D eigenvalue weighted by Crippen LogP contribution is -2.20. The Bertz CT molecular complexity index is 1180. The minimum atomic E-state index is -0.221. The molecule has 5 heteroatoms. The Kier molecular flexibility index (Phi) is 7.41. The van der Waals surface area contributed by atoms with Gasteiger partial charge in [-0.05, 0) is 75.4 Å². The standard InChI is InChI=1S/C27H24BrNO3/c28-27-24-11-5-4-10-21(24)12-17-25(27)32-19-26(30)29-22-13-15-23(16-14-22)31-18-6-9-20-7-2-1-3-8-20/h1-5,7-8,10-17H,6,9,18-19H2,(H,29,30). The Hall–Kier alpha value is -3.31. The van der Waals surface area contributed by atoms with E-state index in [1.54, 1.807) is 0 Å². The number of benzene rings is 4. The molecule has 4 aromatic carbocycles. The van der Waals surface area contributed by atoms with Crippen LogP contribution in [-0.2, 0) is 11.2 Å². The topological polar surface area (TPSA) is 47.6 Å². The van der Waals surface area contributed by atoms with Crippen LogP contribution in [0.1, 0.15) is 12.0 Å². The molecule has 0 saturated heterocycles. The fraction of sp³-hybridized carbons (Fsp3) is 0.148. The number of halogens is 1. The molecule has 0 aliphatic carbocycles. The second kappa shape index (κ2) is 10.8. The molecule has 0 aliphatic rings. The molecular weight excluding hydrogens is 466 g/mol. The molecular formula is C27H24BrNO3. The van der Waals surface area contributed by atoms with Crippen LogP contribution in [0.4, 0.5) is 5.69 Å². The molecule has 0 heterocycles. The molecule has 0 radical (unpaired) electrons. The van der Waals surface area contributed by atoms with Gasteiger partial charge in [-0.1, -0.05) is 60.7 Å². The first kappa shape index (κ1) is 21.9. The zero-order valence-electron chi connectivity index (χ0n) is 17.6. The summed E-state index contributed by atoms with van der Waals surface area (Å²) in [6.45, 7) is 0.573. The third kappa shape index (κ3) is 5.89. The van der Waals surface area contributed by atoms with Gasteiger partial charge in [0.1, 0.15) is 11.5 Å². The number of hydrogen-bond acceptors (Lipinski definition) is 3. The summed E-state index contributed by atoms with van der Waals surface area (Å²) in [5.41, 5.74) is 2.01. The Labute approximate surface area is 196 Å². The molecule has 1 amide bonds. The van der Waals surface area contributed by atoms with Gasteiger partial charge >= 0.3 is 0 Å². The van der Waals surface area contributed by atoms with Crippen molar-refractivity contribution in [1.82, 2.24) is 0 Å². The summed E-state index contributed by atoms with van der Waals surface area (Å²) in [4.78, 5) is 12.3. The van der Waals surface area contributed by atoms with Gasteiger partial charge in [-0.3, -0.25) is 4.79 Å². The molecule has 0 bridgehead atoms. The molecule has 162 valence electrons. The number of anilines is 1. The molecule has 0 unspecified atom stereocenters. The van der Waals surface area contributed by atoms with Crippen LogP contribution in [0.25, 0.3) is 10.8 Å². The first-order valence-electron chi connectivity index (χ1n) is 10.6. The summed E-state index contributed by atoms with van der Waals surface area (Å²) in [6, 6.07) is 29.6. The van der Waals surface area contributed by atoms with Gasteiger partial charge in [-0.2, -0.15) is 0 Å². The molecule has 4 aromatic rings. The molecule has 0 saturated carbocycles. The Morgan fingerprint density at radius 3 is 2.38 bits per heavy atom. The average Bonchev–Trinajstić information content (AvgIpc) is 2.83. The third-order valence-electron chi connectivity index (χ3n) is 5.05. The number of carbonyl (C=O) groups excluding carboxylic acids is 1. The maximum Gasteiger partial charge on any atom is 0.262 e. The average molecular weight is 490 g/mol. The summed E-state index contributed by atoms with van der Waals surface area (Å²) in [6.07, 6.45) is 1.94. The molecule has 0 aromatic heterocycles. The lowest BCUT2D eigenvalue weighted by atomic mass is 10.1. The number of rotatable bonds is 9. The van der Waals surface area contributed by atoms with Crippen molar-refractivity contribution in [2.45, 2.75) is 12.8 Å². The molecule has 1 N–H and O–H groups in total. The van der Waals surface area contributed by atoms with Crippen molar-refractivity contribution in [3.63, 3.8) is 0 Å². The van der Waals surface area contributed by atoms with E-state index >= 15 is 0 Å². The van der Waals surface area contributed by atoms with Crippen LogP contribution in [0.3, 0.4) is 0 Å². The number of ether oxygens (including phenoxy) is 2. The lowest BCUT2D eigenvalue weighted by Gasteiger charge is -2.11. The molecule has 0 fully saturated rings. The van der Waals surface area contributed by atoms with Gasteiger partial charge in [0, 0.05) is 5.69 Å². The van der Waals surface area contributed by atoms with Gasteiger partial charge in [0.25, 0.3) is 5.91 Å². The monoisotopic (exact) mass is 489 g/mol. The molecule has 0 atom stereocenters. The second-order valence-corrected chi connectivity index (χ2v) is 8.19. The number of nitrogens with one attached hydrogen (secondary N) is 1. The van der Waals surface area contributed by atoms with Crippen molar-refractivity contribution in [2.24, 2.45) is 0 Å². The second-order valence-electron chi connectivity index (χ2n) is 7.40. The van der Waals surface area contributed by atoms with E-state index in [1.807, 2.05) is 66.7 Å². The SMILES string of the molecule is O=C(COc1ccc2ccccc2c1Br)Nc1ccc(OCCCc2ccccc2)cc1. The van der Waals surface area contributed by atoms with E-state index in [0.29, 0.717) is 18.0 Å². The summed E-state index contributed by atoms with van der Waals surface area (Å²) in [5.74, 6) is 1.20. The quantitative estimate of drug-likeness (QED) is 0.268. The van der Waals surface area contributed by atoms with Gasteiger partial charge in [0.2, 0.25) is 0 Å². The first-order valence-corrected chi connectivity index (χ1v) is 11.3. The number of amides is 1. The maximum atomic E-state index is 12.3. The van der Waals surface area contributed by atoms with Crippen LogP contribution in [0, 0.1) is 0 Å². The van der Waals surface area contributed by atoms with Crippen molar-refractivity contribution in [2.75, 3.05) is 18.5 Å². The van der Waals surface area contributed by atoms with Gasteiger partial charge in [-0.15, -0.1) is 0 Å². The third-order valence-corrected chi connectivity index (χ3v) is 5.86. The van der Waals surface area contributed by atoms with Crippen molar-refractivity contribution >= 4 is 38.3 Å². The zero-order chi connectivity index (χ0) is 22.2. The van der Waals surface area contributed by atoms with E-state index in [-0.39, 0.29) is 12.5 Å². The summed E-state index contributed by atoms with van der Waals surface area (Å²) < 4.78 is 12.4. The first-order chi connectivity index (χ1) is 15.7. The number of carbonyl (C=O) groups is 1. The van der Waals surface area contributed by atoms with Crippen molar-refractivity contribution in [3.05, 3.63) is 101 Å². The highest BCUT2D eigenvalue weighted by Crippen LogP contribution is 2.33. The normalized spacial score (nSPS) is 10.7. The molecule has 4 rings (SSSR count). The van der Waals surface area contributed by atoms with Gasteiger partial charge in [0.05, 0.1) is 11.1 Å². The lowest BCUT2D eigenvalue weighted by molar-refractivity contribution is -0.118. The highest BCUT2D eigenvalue weighted by molar-refractivity contribution is 9.10. The molecule has 32 heavy (non-hydrogen) atoms. The predicted octanol–water partition coefficient (Wildman–Crippen LogP) is 6.63. The number of aryl methyl sites for hydroxylation is 1. The summed E-state index contributed by atoms with van der Waals surface area (Å²) in [5, 5.41) is 5.01. The van der Waals surface area contributed by atoms with E-state index in [9.17, 15) is 4.79 Å². The van der Waals surface area contributed by atoms with Crippen molar-refractivity contribution in [3.8, 4) is 11.5 Å². The van der Waals surface area contributed by atoms with Gasteiger partial charge in [-0.25, -0.2) is 0 Å². The van der Waals surface area contributed by atoms with Crippen molar-refractivity contribution in [1.29, 1.82) is 0 Å². The van der Waals surface area contributed by atoms with Crippen LogP contribution in [0.2, 0.25) is 0 Å². The largest absolute Gasteiger partial charge is 0.494 e. The van der Waals surface area contributed by atoms with E-state index in [1.165, 1.54) is 5.56 Å². The Morgan fingerprint density at radius 2 is 1.56 bits per heavy atom. The maximum absolute atomic E-state index is 12.3. The van der Waals surface area contributed by atoms with Crippen LogP contribution in [0.5, 0.6) is 11.5 Å². The number of hydrogen-bond donors (Lipinski definition) is 1. The van der Waals surface area contributed by atoms with Crippen LogP contribution in [0.15, 0.2) is 95.5 Å². The van der Waals surface area contributed by atoms with E-state index in [4.69, 9.17) is 9.47 Å². The minimum Gasteiger partial charge on any atom is -0.494 e. The van der Waals surface area contributed by atoms with Crippen LogP contribution >= 0.6 is 15.9 Å². The van der Waals surface area contributed by atoms with Crippen LogP contribution in [-0.4, -0.2) is 19.1 Å². The van der Waals surface area contributed by atoms with Crippen LogP contribution < -0.4 is 14.8 Å². The van der Waals surface area contributed by atoms with E-state index in [2.05, 4.69) is 45.5 Å². The Balaban J connectivity index is 1.23. The smallest absolute Gasteiger partial charge is 0.262 e. The summed E-state index contributed by atoms with van der Waals surface area (Å²) >= 11 is 3.58. The molecule has 4 nitrogen and oxygen atoms in total. The highest BCUT2D eigenvalue weighted by atomic mass is 79.9. The number of fused-ring (bicyclic) bond motifs is 1. The van der Waals surface area contributed by atoms with Gasteiger partial charge in [0.15, 0.2) is 6.61 Å². The fourth-order valence-corrected chi connectivity index (χ4v) is 4.02. The molecule has 0 aliphatic heterocycles. The van der Waals surface area contributed by atoms with E-state index in [0.717, 1.165) is 33.8 Å². The summed E-state index contributed by atoms with van der Waals surface area (Å²) in [7, 11) is 0. The highest BCUT2D eigenvalue weighted by Gasteiger charge is 2.09. The fourth-order valence-electron chi connectivity index (χ4n) is 3.41. The van der Waals surface area contributed by atoms with Crippen molar-refractivity contribution < 1.29 is 14.3 Å². The molecule has 0 spiro atoms. The predicted molar refractivity (Wildman–Crippen MR) is 132 cm³/mol. The van der Waals surface area contributed by atoms with Gasteiger partial charge < -0.3 is 14.8 Å².